The summed E-state index contributed by atoms with van der Waals surface area (Å²) in [5.74, 6) is -1.71. The number of hydrogen-bond acceptors (Lipinski definition) is 5. The summed E-state index contributed by atoms with van der Waals surface area (Å²) < 4.78 is 25.9. The zero-order chi connectivity index (χ0) is 13.1. The molecular formula is C9H14N2O4S2. The molecule has 2 N–H and O–H groups in total. The highest BCUT2D eigenvalue weighted by molar-refractivity contribution is 7.91. The molecule has 1 aromatic rings. The van der Waals surface area contributed by atoms with Gasteiger partial charge in [0, 0.05) is 6.54 Å². The Kier molecular flexibility index (Phi) is 4.61. The molecule has 0 aliphatic heterocycles. The van der Waals surface area contributed by atoms with E-state index in [0.29, 0.717) is 11.4 Å². The van der Waals surface area contributed by atoms with E-state index in [4.69, 9.17) is 5.11 Å². The smallest absolute Gasteiger partial charge is 0.307 e. The molecule has 1 heterocycles. The minimum Gasteiger partial charge on any atom is -0.481 e. The third-order valence-corrected chi connectivity index (χ3v) is 5.02. The average Bonchev–Trinajstić information content (AvgIpc) is 2.66. The van der Waals surface area contributed by atoms with E-state index in [1.54, 1.807) is 13.8 Å². The van der Waals surface area contributed by atoms with E-state index in [1.807, 2.05) is 0 Å². The molecule has 17 heavy (non-hydrogen) atoms. The molecule has 0 aromatic carbocycles. The Morgan fingerprint density at radius 2 is 2.29 bits per heavy atom. The molecule has 1 aromatic heterocycles. The molecule has 0 fully saturated rings. The van der Waals surface area contributed by atoms with E-state index in [2.05, 4.69) is 9.71 Å². The van der Waals surface area contributed by atoms with E-state index in [0.717, 1.165) is 11.3 Å². The number of aryl methyl sites for hydroxylation is 1. The Morgan fingerprint density at radius 3 is 2.71 bits per heavy atom. The second-order valence-corrected chi connectivity index (χ2v) is 6.72. The largest absolute Gasteiger partial charge is 0.481 e. The number of thiazole rings is 1. The van der Waals surface area contributed by atoms with Gasteiger partial charge in [0.25, 0.3) is 10.0 Å². The quantitative estimate of drug-likeness (QED) is 0.803. The lowest BCUT2D eigenvalue weighted by Gasteiger charge is -2.10. The summed E-state index contributed by atoms with van der Waals surface area (Å²) in [7, 11) is -3.64. The Bertz CT molecular complexity index is 495. The van der Waals surface area contributed by atoms with Crippen molar-refractivity contribution >= 4 is 27.3 Å². The fraction of sp³-hybridized carbons (Fsp3) is 0.556. The molecule has 6 nitrogen and oxygen atoms in total. The fourth-order valence-electron chi connectivity index (χ4n) is 1.15. The molecule has 0 saturated carbocycles. The first-order valence-corrected chi connectivity index (χ1v) is 7.31. The Balaban J connectivity index is 2.71. The van der Waals surface area contributed by atoms with Gasteiger partial charge in [-0.1, -0.05) is 6.92 Å². The van der Waals surface area contributed by atoms with Gasteiger partial charge in [-0.15, -0.1) is 11.3 Å². The molecular weight excluding hydrogens is 264 g/mol. The molecule has 1 rings (SSSR count). The molecule has 0 amide bonds. The third kappa shape index (κ3) is 3.76. The first kappa shape index (κ1) is 14.1. The maximum Gasteiger partial charge on any atom is 0.307 e. The lowest BCUT2D eigenvalue weighted by molar-refractivity contribution is -0.141. The van der Waals surface area contributed by atoms with Crippen LogP contribution in [0.1, 0.15) is 18.4 Å². The van der Waals surface area contributed by atoms with Gasteiger partial charge >= 0.3 is 5.97 Å². The Morgan fingerprint density at radius 1 is 1.65 bits per heavy atom. The van der Waals surface area contributed by atoms with E-state index < -0.39 is 21.9 Å². The first-order valence-electron chi connectivity index (χ1n) is 5.01. The van der Waals surface area contributed by atoms with Crippen molar-refractivity contribution in [3.8, 4) is 0 Å². The van der Waals surface area contributed by atoms with Gasteiger partial charge in [-0.25, -0.2) is 18.1 Å². The number of rotatable bonds is 6. The number of aliphatic carboxylic acids is 1. The van der Waals surface area contributed by atoms with Crippen molar-refractivity contribution < 1.29 is 18.3 Å². The van der Waals surface area contributed by atoms with Gasteiger partial charge in [0.15, 0.2) is 4.21 Å². The van der Waals surface area contributed by atoms with Crippen molar-refractivity contribution in [3.63, 3.8) is 0 Å². The summed E-state index contributed by atoms with van der Waals surface area (Å²) in [6.45, 7) is 3.30. The normalized spacial score (nSPS) is 13.5. The number of hydrogen-bond donors (Lipinski definition) is 2. The second kappa shape index (κ2) is 5.56. The van der Waals surface area contributed by atoms with E-state index in [1.165, 1.54) is 6.20 Å². The van der Waals surface area contributed by atoms with Crippen molar-refractivity contribution in [1.29, 1.82) is 0 Å². The monoisotopic (exact) mass is 278 g/mol. The molecule has 0 aliphatic carbocycles. The number of carboxylic acid groups (broad SMARTS) is 1. The highest BCUT2D eigenvalue weighted by Crippen LogP contribution is 2.17. The molecule has 0 radical (unpaired) electrons. The minimum atomic E-state index is -3.64. The summed E-state index contributed by atoms with van der Waals surface area (Å²) in [5.41, 5.74) is 0. The summed E-state index contributed by atoms with van der Waals surface area (Å²) in [6.07, 6.45) is 1.64. The van der Waals surface area contributed by atoms with Crippen molar-refractivity contribution in [1.82, 2.24) is 9.71 Å². The maximum absolute atomic E-state index is 11.8. The highest BCUT2D eigenvalue weighted by atomic mass is 32.2. The number of aromatic nitrogens is 1. The minimum absolute atomic E-state index is 0.106. The molecule has 1 atom stereocenters. The molecule has 0 spiro atoms. The van der Waals surface area contributed by atoms with Crippen molar-refractivity contribution in [2.45, 2.75) is 24.5 Å². The Labute approximate surface area is 104 Å². The third-order valence-electron chi connectivity index (χ3n) is 2.23. The molecule has 0 bridgehead atoms. The summed E-state index contributed by atoms with van der Waals surface area (Å²) in [4.78, 5) is 14.6. The van der Waals surface area contributed by atoms with Crippen molar-refractivity contribution in [3.05, 3.63) is 11.2 Å². The van der Waals surface area contributed by atoms with Gasteiger partial charge in [-0.05, 0) is 13.3 Å². The zero-order valence-electron chi connectivity index (χ0n) is 9.50. The standard InChI is InChI=1S/C9H14N2O4S2/c1-3-7(9(12)13)4-11-17(14,15)8-5-10-6(2)16-8/h5,7,11H,3-4H2,1-2H3,(H,12,13). The lowest BCUT2D eigenvalue weighted by atomic mass is 10.1. The van der Waals surface area contributed by atoms with Gasteiger partial charge < -0.3 is 5.11 Å². The predicted molar refractivity (Wildman–Crippen MR) is 63.5 cm³/mol. The average molecular weight is 278 g/mol. The van der Waals surface area contributed by atoms with Gasteiger partial charge in [0.2, 0.25) is 0 Å². The fourth-order valence-corrected chi connectivity index (χ4v) is 3.39. The maximum atomic E-state index is 11.8. The van der Waals surface area contributed by atoms with Crippen LogP contribution in [0.5, 0.6) is 0 Å². The van der Waals surface area contributed by atoms with E-state index in [9.17, 15) is 13.2 Å². The summed E-state index contributed by atoms with van der Waals surface area (Å²) >= 11 is 1.05. The lowest BCUT2D eigenvalue weighted by Crippen LogP contribution is -2.32. The van der Waals surface area contributed by atoms with E-state index >= 15 is 0 Å². The topological polar surface area (TPSA) is 96.4 Å². The Hall–Kier alpha value is -0.990. The van der Waals surface area contributed by atoms with Crippen molar-refractivity contribution in [2.75, 3.05) is 6.54 Å². The van der Waals surface area contributed by atoms with Crippen LogP contribution in [0.4, 0.5) is 0 Å². The van der Waals surface area contributed by atoms with Gasteiger partial charge in [-0.2, -0.15) is 0 Å². The van der Waals surface area contributed by atoms with Crippen LogP contribution in [-0.2, 0) is 14.8 Å². The number of carbonyl (C=O) groups is 1. The number of nitrogens with one attached hydrogen (secondary N) is 1. The van der Waals surface area contributed by atoms with Gasteiger partial charge in [0.05, 0.1) is 17.1 Å². The van der Waals surface area contributed by atoms with Gasteiger partial charge in [-0.3, -0.25) is 4.79 Å². The van der Waals surface area contributed by atoms with E-state index in [-0.39, 0.29) is 10.8 Å². The second-order valence-electron chi connectivity index (χ2n) is 3.49. The van der Waals surface area contributed by atoms with Crippen molar-refractivity contribution in [2.24, 2.45) is 5.92 Å². The molecule has 0 saturated heterocycles. The van der Waals surface area contributed by atoms with Crippen LogP contribution in [0, 0.1) is 12.8 Å². The van der Waals surface area contributed by atoms with Crippen LogP contribution in [0.3, 0.4) is 0 Å². The van der Waals surface area contributed by atoms with Crippen LogP contribution in [0.25, 0.3) is 0 Å². The highest BCUT2D eigenvalue weighted by Gasteiger charge is 2.21. The number of sulfonamides is 1. The summed E-state index contributed by atoms with van der Waals surface area (Å²) in [6, 6.07) is 0. The molecule has 96 valence electrons. The van der Waals surface area contributed by atoms with Crippen LogP contribution in [0.2, 0.25) is 0 Å². The molecule has 1 unspecified atom stereocenters. The summed E-state index contributed by atoms with van der Waals surface area (Å²) in [5, 5.41) is 9.45. The van der Waals surface area contributed by atoms with Crippen LogP contribution in [-0.4, -0.2) is 31.0 Å². The SMILES string of the molecule is CCC(CNS(=O)(=O)c1cnc(C)s1)C(=O)O. The molecule has 0 aliphatic rings. The zero-order valence-corrected chi connectivity index (χ0v) is 11.1. The van der Waals surface area contributed by atoms with Crippen LogP contribution < -0.4 is 4.72 Å². The first-order chi connectivity index (χ1) is 7.86. The predicted octanol–water partition coefficient (Wildman–Crippen LogP) is 0.841. The number of nitrogens with zero attached hydrogens (tertiary/aromatic N) is 1. The number of carboxylic acids is 1. The van der Waals surface area contributed by atoms with Crippen LogP contribution >= 0.6 is 11.3 Å². The van der Waals surface area contributed by atoms with Gasteiger partial charge in [0.1, 0.15) is 0 Å². The molecule has 8 heteroatoms. The van der Waals surface area contributed by atoms with Crippen LogP contribution in [0.15, 0.2) is 10.4 Å².